The summed E-state index contributed by atoms with van der Waals surface area (Å²) in [4.78, 5) is 17.3. The van der Waals surface area contributed by atoms with Gasteiger partial charge in [-0.1, -0.05) is 37.3 Å². The Labute approximate surface area is 158 Å². The molecule has 0 atom stereocenters. The average molecular weight is 372 g/mol. The van der Waals surface area contributed by atoms with E-state index in [1.54, 1.807) is 16.8 Å². The number of nitrogens with zero attached hydrogens (tertiary/aromatic N) is 7. The van der Waals surface area contributed by atoms with Gasteiger partial charge in [0, 0.05) is 12.6 Å². The van der Waals surface area contributed by atoms with Gasteiger partial charge < -0.3 is 0 Å². The summed E-state index contributed by atoms with van der Waals surface area (Å²) in [7, 11) is 0. The van der Waals surface area contributed by atoms with Crippen LogP contribution in [0.4, 0.5) is 0 Å². The summed E-state index contributed by atoms with van der Waals surface area (Å²) in [5.74, 6) is 0.992. The van der Waals surface area contributed by atoms with Crippen molar-refractivity contribution in [1.82, 2.24) is 39.6 Å². The number of benzene rings is 1. The van der Waals surface area contributed by atoms with Crippen LogP contribution in [-0.4, -0.2) is 39.6 Å². The van der Waals surface area contributed by atoms with Crippen LogP contribution in [0.15, 0.2) is 47.4 Å². The first-order valence-electron chi connectivity index (χ1n) is 8.92. The maximum absolute atomic E-state index is 13.0. The molecular weight excluding hydrogens is 356 g/mol. The van der Waals surface area contributed by atoms with Crippen LogP contribution in [0.25, 0.3) is 33.8 Å². The van der Waals surface area contributed by atoms with Crippen molar-refractivity contribution in [3.63, 3.8) is 0 Å². The van der Waals surface area contributed by atoms with Crippen molar-refractivity contribution in [2.75, 3.05) is 0 Å². The fourth-order valence-electron chi connectivity index (χ4n) is 3.30. The molecule has 1 N–H and O–H groups in total. The number of rotatable bonds is 3. The minimum absolute atomic E-state index is 0.208. The highest BCUT2D eigenvalue weighted by Crippen LogP contribution is 2.27. The van der Waals surface area contributed by atoms with Crippen LogP contribution in [0.2, 0.25) is 0 Å². The van der Waals surface area contributed by atoms with Gasteiger partial charge in [-0.15, -0.1) is 15.3 Å². The van der Waals surface area contributed by atoms with Gasteiger partial charge >= 0.3 is 0 Å². The van der Waals surface area contributed by atoms with Crippen molar-refractivity contribution in [2.45, 2.75) is 20.3 Å². The highest BCUT2D eigenvalue weighted by molar-refractivity contribution is 5.84. The van der Waals surface area contributed by atoms with E-state index in [9.17, 15) is 4.79 Å². The molecule has 9 nitrogen and oxygen atoms in total. The number of aromatic nitrogens is 8. The lowest BCUT2D eigenvalue weighted by Crippen LogP contribution is -2.21. The Morgan fingerprint density at radius 2 is 1.93 bits per heavy atom. The Morgan fingerprint density at radius 3 is 2.68 bits per heavy atom. The molecule has 0 amide bonds. The van der Waals surface area contributed by atoms with Crippen LogP contribution in [0.1, 0.15) is 18.4 Å². The molecule has 0 bridgehead atoms. The molecule has 0 aliphatic rings. The molecule has 0 fully saturated rings. The fraction of sp³-hybridized carbons (Fsp3) is 0.158. The molecule has 4 heterocycles. The van der Waals surface area contributed by atoms with Gasteiger partial charge in [-0.25, -0.2) is 9.08 Å². The summed E-state index contributed by atoms with van der Waals surface area (Å²) in [5, 5.41) is 20.0. The predicted octanol–water partition coefficient (Wildman–Crippen LogP) is 2.08. The van der Waals surface area contributed by atoms with Crippen LogP contribution >= 0.6 is 0 Å². The standard InChI is InChI=1S/C19H16N8O/c1-3-14-20-19(24-21-14)26-10-9-13-16(18(26)28)22-23-17-15(11(2)25-27(13)17)12-7-5-4-6-8-12/h4-10H,3H2,1-2H3,(H,20,21,24). The lowest BCUT2D eigenvalue weighted by molar-refractivity contribution is 0.874. The molecule has 0 saturated heterocycles. The fourth-order valence-corrected chi connectivity index (χ4v) is 3.30. The zero-order valence-corrected chi connectivity index (χ0v) is 15.3. The maximum Gasteiger partial charge on any atom is 0.287 e. The van der Waals surface area contributed by atoms with Crippen molar-refractivity contribution in [2.24, 2.45) is 0 Å². The van der Waals surface area contributed by atoms with Gasteiger partial charge in [-0.3, -0.25) is 9.89 Å². The van der Waals surface area contributed by atoms with Crippen molar-refractivity contribution < 1.29 is 0 Å². The largest absolute Gasteiger partial charge is 0.287 e. The average Bonchev–Trinajstić information content (AvgIpc) is 3.32. The molecule has 1 aromatic carbocycles. The number of aromatic amines is 1. The van der Waals surface area contributed by atoms with Crippen LogP contribution in [-0.2, 0) is 6.42 Å². The van der Waals surface area contributed by atoms with Crippen LogP contribution < -0.4 is 5.56 Å². The third-order valence-electron chi connectivity index (χ3n) is 4.69. The summed E-state index contributed by atoms with van der Waals surface area (Å²) in [6, 6.07) is 11.7. The Hall–Kier alpha value is -3.88. The number of hydrogen-bond donors (Lipinski definition) is 1. The summed E-state index contributed by atoms with van der Waals surface area (Å²) in [6.07, 6.45) is 2.33. The first kappa shape index (κ1) is 16.3. The van der Waals surface area contributed by atoms with E-state index in [-0.39, 0.29) is 17.0 Å². The number of nitrogens with one attached hydrogen (secondary N) is 1. The molecule has 5 rings (SSSR count). The predicted molar refractivity (Wildman–Crippen MR) is 103 cm³/mol. The minimum atomic E-state index is -0.344. The van der Waals surface area contributed by atoms with E-state index in [0.717, 1.165) is 16.8 Å². The molecule has 0 aliphatic carbocycles. The normalized spacial score (nSPS) is 11.5. The second kappa shape index (κ2) is 6.08. The quantitative estimate of drug-likeness (QED) is 0.520. The van der Waals surface area contributed by atoms with Crippen LogP contribution in [0.5, 0.6) is 0 Å². The van der Waals surface area contributed by atoms with Crippen molar-refractivity contribution in [3.8, 4) is 17.1 Å². The molecule has 9 heteroatoms. The molecule has 28 heavy (non-hydrogen) atoms. The first-order chi connectivity index (χ1) is 13.7. The molecule has 5 aromatic rings. The lowest BCUT2D eigenvalue weighted by Gasteiger charge is -2.04. The second-order valence-corrected chi connectivity index (χ2v) is 6.42. The lowest BCUT2D eigenvalue weighted by atomic mass is 10.1. The zero-order chi connectivity index (χ0) is 19.3. The monoisotopic (exact) mass is 372 g/mol. The van der Waals surface area contributed by atoms with E-state index in [1.165, 1.54) is 4.57 Å². The SMILES string of the molecule is CCc1nc(-n2ccc3c(nnc4c(-c5ccccc5)c(C)nn43)c2=O)n[nH]1. The molecular formula is C19H16N8O. The highest BCUT2D eigenvalue weighted by Gasteiger charge is 2.18. The second-order valence-electron chi connectivity index (χ2n) is 6.42. The van der Waals surface area contributed by atoms with E-state index in [0.29, 0.717) is 23.4 Å². The Morgan fingerprint density at radius 1 is 1.11 bits per heavy atom. The van der Waals surface area contributed by atoms with Gasteiger partial charge in [0.25, 0.3) is 11.5 Å². The first-order valence-corrected chi connectivity index (χ1v) is 8.92. The van der Waals surface area contributed by atoms with E-state index < -0.39 is 0 Å². The summed E-state index contributed by atoms with van der Waals surface area (Å²) < 4.78 is 3.02. The van der Waals surface area contributed by atoms with Crippen molar-refractivity contribution in [3.05, 3.63) is 64.5 Å². The highest BCUT2D eigenvalue weighted by atomic mass is 16.1. The van der Waals surface area contributed by atoms with Crippen molar-refractivity contribution in [1.29, 1.82) is 0 Å². The smallest absolute Gasteiger partial charge is 0.266 e. The van der Waals surface area contributed by atoms with Gasteiger partial charge in [-0.2, -0.15) is 10.1 Å². The summed E-state index contributed by atoms with van der Waals surface area (Å²) in [5.41, 5.74) is 3.79. The van der Waals surface area contributed by atoms with Gasteiger partial charge in [0.15, 0.2) is 11.2 Å². The zero-order valence-electron chi connectivity index (χ0n) is 15.3. The van der Waals surface area contributed by atoms with Crippen LogP contribution in [0.3, 0.4) is 0 Å². The molecule has 0 unspecified atom stereocenters. The van der Waals surface area contributed by atoms with Gasteiger partial charge in [0.05, 0.1) is 11.3 Å². The number of fused-ring (bicyclic) bond motifs is 3. The molecule has 0 radical (unpaired) electrons. The topological polar surface area (TPSA) is 107 Å². The summed E-state index contributed by atoms with van der Waals surface area (Å²) >= 11 is 0. The molecule has 138 valence electrons. The van der Waals surface area contributed by atoms with E-state index in [4.69, 9.17) is 0 Å². The Balaban J connectivity index is 1.76. The van der Waals surface area contributed by atoms with Gasteiger partial charge in [0.2, 0.25) is 0 Å². The Bertz CT molecular complexity index is 1380. The van der Waals surface area contributed by atoms with Crippen LogP contribution in [0, 0.1) is 6.92 Å². The molecule has 4 aromatic heterocycles. The van der Waals surface area contributed by atoms with E-state index in [1.807, 2.05) is 44.2 Å². The van der Waals surface area contributed by atoms with Gasteiger partial charge in [-0.05, 0) is 18.6 Å². The minimum Gasteiger partial charge on any atom is -0.266 e. The third-order valence-corrected chi connectivity index (χ3v) is 4.69. The third kappa shape index (κ3) is 2.33. The van der Waals surface area contributed by atoms with E-state index >= 15 is 0 Å². The Kier molecular flexibility index (Phi) is 3.54. The summed E-state index contributed by atoms with van der Waals surface area (Å²) in [6.45, 7) is 3.88. The number of H-pyrrole nitrogens is 1. The molecule has 0 aliphatic heterocycles. The number of hydrogen-bond acceptors (Lipinski definition) is 6. The number of aryl methyl sites for hydroxylation is 2. The molecule has 0 saturated carbocycles. The van der Waals surface area contributed by atoms with E-state index in [2.05, 4.69) is 30.5 Å². The van der Waals surface area contributed by atoms with Gasteiger partial charge in [0.1, 0.15) is 11.3 Å². The molecule has 0 spiro atoms. The number of pyridine rings is 1. The maximum atomic E-state index is 13.0. The van der Waals surface area contributed by atoms with Crippen molar-refractivity contribution >= 4 is 16.7 Å².